The van der Waals surface area contributed by atoms with E-state index in [9.17, 15) is 13.2 Å². The zero-order valence-corrected chi connectivity index (χ0v) is 8.17. The number of rotatable bonds is 3. The van der Waals surface area contributed by atoms with Crippen molar-refractivity contribution in [3.05, 3.63) is 0 Å². The van der Waals surface area contributed by atoms with Crippen LogP contribution in [0.15, 0.2) is 0 Å². The maximum atomic E-state index is 11.3. The van der Waals surface area contributed by atoms with Crippen LogP contribution in [-0.4, -0.2) is 30.8 Å². The van der Waals surface area contributed by atoms with Gasteiger partial charge in [-0.25, -0.2) is 8.42 Å². The van der Waals surface area contributed by atoms with E-state index in [4.69, 9.17) is 5.11 Å². The Morgan fingerprint density at radius 2 is 2.08 bits per heavy atom. The van der Waals surface area contributed by atoms with E-state index in [2.05, 4.69) is 0 Å². The summed E-state index contributed by atoms with van der Waals surface area (Å²) in [5.41, 5.74) is 0. The molecule has 0 aromatic carbocycles. The van der Waals surface area contributed by atoms with Gasteiger partial charge in [0.25, 0.3) is 5.91 Å². The van der Waals surface area contributed by atoms with Crippen LogP contribution >= 0.6 is 0 Å². The van der Waals surface area contributed by atoms with E-state index in [-0.39, 0.29) is 0 Å². The Morgan fingerprint density at radius 3 is 2.38 bits per heavy atom. The van der Waals surface area contributed by atoms with Crippen LogP contribution in [0.4, 0.5) is 0 Å². The smallest absolute Gasteiger partial charge is 0.261 e. The lowest BCUT2D eigenvalue weighted by atomic mass is 10.0. The summed E-state index contributed by atoms with van der Waals surface area (Å²) in [5.74, 6) is -0.855. The summed E-state index contributed by atoms with van der Waals surface area (Å²) in [5, 5.41) is 8.33. The number of amides is 1. The molecule has 1 atom stereocenters. The van der Waals surface area contributed by atoms with Gasteiger partial charge in [0.05, 0.1) is 5.25 Å². The van der Waals surface area contributed by atoms with Gasteiger partial charge in [0.2, 0.25) is 10.0 Å². The molecule has 2 N–H and O–H groups in total. The number of hydrogen-bond acceptors (Lipinski definition) is 4. The summed E-state index contributed by atoms with van der Waals surface area (Å²) in [7, 11) is -3.53. The van der Waals surface area contributed by atoms with Crippen molar-refractivity contribution < 1.29 is 18.3 Å². The maximum absolute atomic E-state index is 11.3. The van der Waals surface area contributed by atoms with Gasteiger partial charge >= 0.3 is 0 Å². The third kappa shape index (κ3) is 2.41. The molecule has 1 aliphatic rings. The van der Waals surface area contributed by atoms with E-state index in [0.29, 0.717) is 12.8 Å². The van der Waals surface area contributed by atoms with Crippen LogP contribution in [0.1, 0.15) is 26.2 Å². The van der Waals surface area contributed by atoms with Gasteiger partial charge in [-0.1, -0.05) is 6.42 Å². The van der Waals surface area contributed by atoms with E-state index < -0.39 is 27.3 Å². The first-order chi connectivity index (χ1) is 5.93. The van der Waals surface area contributed by atoms with Gasteiger partial charge in [-0.2, -0.15) is 0 Å². The highest BCUT2D eigenvalue weighted by atomic mass is 32.2. The zero-order chi connectivity index (χ0) is 10.1. The Hall–Kier alpha value is -0.620. The lowest BCUT2D eigenvalue weighted by Gasteiger charge is -2.25. The molecule has 0 spiro atoms. The van der Waals surface area contributed by atoms with Crippen molar-refractivity contribution in [2.75, 3.05) is 0 Å². The summed E-state index contributed by atoms with van der Waals surface area (Å²) in [6, 6.07) is 0. The van der Waals surface area contributed by atoms with Crippen LogP contribution in [0.25, 0.3) is 0 Å². The second-order valence-electron chi connectivity index (χ2n) is 3.24. The molecule has 76 valence electrons. The number of nitrogens with one attached hydrogen (secondary N) is 1. The highest BCUT2D eigenvalue weighted by molar-refractivity contribution is 7.90. The predicted octanol–water partition coefficient (Wildman–Crippen LogP) is -0.634. The van der Waals surface area contributed by atoms with Gasteiger partial charge in [0.1, 0.15) is 6.10 Å². The van der Waals surface area contributed by atoms with Crippen molar-refractivity contribution in [2.45, 2.75) is 37.5 Å². The highest BCUT2D eigenvalue weighted by Crippen LogP contribution is 2.25. The van der Waals surface area contributed by atoms with Crippen molar-refractivity contribution in [1.82, 2.24) is 4.72 Å². The Bertz CT molecular complexity index is 292. The van der Waals surface area contributed by atoms with Gasteiger partial charge in [-0.05, 0) is 19.8 Å². The standard InChI is InChI=1S/C7H13NO4S/c1-5(9)7(10)8-13(11,12)6-3-2-4-6/h5-6,9H,2-4H2,1H3,(H,8,10)/t5-/m1/s1. The Morgan fingerprint density at radius 1 is 1.54 bits per heavy atom. The fraction of sp³-hybridized carbons (Fsp3) is 0.857. The summed E-state index contributed by atoms with van der Waals surface area (Å²) >= 11 is 0. The lowest BCUT2D eigenvalue weighted by molar-refractivity contribution is -0.126. The third-order valence-electron chi connectivity index (χ3n) is 2.11. The van der Waals surface area contributed by atoms with Crippen molar-refractivity contribution in [1.29, 1.82) is 0 Å². The van der Waals surface area contributed by atoms with Crippen LogP contribution in [0.5, 0.6) is 0 Å². The third-order valence-corrected chi connectivity index (χ3v) is 3.95. The molecular formula is C7H13NO4S. The maximum Gasteiger partial charge on any atom is 0.261 e. The van der Waals surface area contributed by atoms with Gasteiger partial charge in [0.15, 0.2) is 0 Å². The van der Waals surface area contributed by atoms with E-state index in [0.717, 1.165) is 6.42 Å². The van der Waals surface area contributed by atoms with E-state index in [1.54, 1.807) is 0 Å². The molecule has 0 aromatic heterocycles. The van der Waals surface area contributed by atoms with Crippen LogP contribution < -0.4 is 4.72 Å². The molecule has 0 heterocycles. The molecule has 0 unspecified atom stereocenters. The molecule has 0 aliphatic heterocycles. The Balaban J connectivity index is 2.56. The minimum absolute atomic E-state index is 0.449. The Labute approximate surface area is 77.2 Å². The molecule has 1 rings (SSSR count). The normalized spacial score (nSPS) is 20.5. The quantitative estimate of drug-likeness (QED) is 0.645. The monoisotopic (exact) mass is 207 g/mol. The number of carbonyl (C=O) groups excluding carboxylic acids is 1. The fourth-order valence-corrected chi connectivity index (χ4v) is 2.56. The van der Waals surface area contributed by atoms with Crippen LogP contribution in [0, 0.1) is 0 Å². The molecular weight excluding hydrogens is 194 g/mol. The first kappa shape index (κ1) is 10.5. The zero-order valence-electron chi connectivity index (χ0n) is 7.36. The topological polar surface area (TPSA) is 83.5 Å². The van der Waals surface area contributed by atoms with Crippen LogP contribution in [-0.2, 0) is 14.8 Å². The second-order valence-corrected chi connectivity index (χ2v) is 5.20. The number of sulfonamides is 1. The SMILES string of the molecule is C[C@@H](O)C(=O)NS(=O)(=O)C1CCC1. The molecule has 1 saturated carbocycles. The lowest BCUT2D eigenvalue weighted by Crippen LogP contribution is -2.44. The van der Waals surface area contributed by atoms with Gasteiger partial charge in [-0.15, -0.1) is 0 Å². The second kappa shape index (κ2) is 3.63. The molecule has 1 aliphatic carbocycles. The molecule has 1 amide bonds. The predicted molar refractivity (Wildman–Crippen MR) is 46.4 cm³/mol. The van der Waals surface area contributed by atoms with Gasteiger partial charge in [0, 0.05) is 0 Å². The average molecular weight is 207 g/mol. The number of carbonyl (C=O) groups is 1. The van der Waals surface area contributed by atoms with Crippen molar-refractivity contribution in [2.24, 2.45) is 0 Å². The first-order valence-corrected chi connectivity index (χ1v) is 5.71. The van der Waals surface area contributed by atoms with Gasteiger partial charge in [-0.3, -0.25) is 9.52 Å². The number of aliphatic hydroxyl groups is 1. The van der Waals surface area contributed by atoms with Crippen molar-refractivity contribution >= 4 is 15.9 Å². The molecule has 0 bridgehead atoms. The van der Waals surface area contributed by atoms with Gasteiger partial charge < -0.3 is 5.11 Å². The van der Waals surface area contributed by atoms with Crippen molar-refractivity contribution in [3.63, 3.8) is 0 Å². The van der Waals surface area contributed by atoms with Crippen LogP contribution in [0.2, 0.25) is 0 Å². The summed E-state index contributed by atoms with van der Waals surface area (Å²) in [6.45, 7) is 1.23. The molecule has 5 nitrogen and oxygen atoms in total. The summed E-state index contributed by atoms with van der Waals surface area (Å²) < 4.78 is 24.4. The highest BCUT2D eigenvalue weighted by Gasteiger charge is 2.32. The fourth-order valence-electron chi connectivity index (χ4n) is 0.990. The minimum atomic E-state index is -3.53. The molecule has 1 fully saturated rings. The molecule has 0 radical (unpaired) electrons. The van der Waals surface area contributed by atoms with E-state index in [1.165, 1.54) is 6.92 Å². The largest absolute Gasteiger partial charge is 0.384 e. The van der Waals surface area contributed by atoms with E-state index >= 15 is 0 Å². The number of aliphatic hydroxyl groups excluding tert-OH is 1. The summed E-state index contributed by atoms with van der Waals surface area (Å²) in [6.07, 6.45) is 0.800. The molecule has 13 heavy (non-hydrogen) atoms. The first-order valence-electron chi connectivity index (χ1n) is 4.17. The Kier molecular flexibility index (Phi) is 2.92. The molecule has 0 aromatic rings. The van der Waals surface area contributed by atoms with E-state index in [1.807, 2.05) is 4.72 Å². The molecule has 0 saturated heterocycles. The average Bonchev–Trinajstić information content (AvgIpc) is 1.79. The van der Waals surface area contributed by atoms with Crippen LogP contribution in [0.3, 0.4) is 0 Å². The number of hydrogen-bond donors (Lipinski definition) is 2. The van der Waals surface area contributed by atoms with Crippen molar-refractivity contribution in [3.8, 4) is 0 Å². The minimum Gasteiger partial charge on any atom is -0.384 e. The summed E-state index contributed by atoms with van der Waals surface area (Å²) in [4.78, 5) is 10.9. The molecule has 6 heteroatoms.